The minimum Gasteiger partial charge on any atom is -0.484 e. The predicted molar refractivity (Wildman–Crippen MR) is 75.4 cm³/mol. The van der Waals surface area contributed by atoms with Crippen molar-refractivity contribution in [1.82, 2.24) is 5.32 Å². The Labute approximate surface area is 127 Å². The fraction of sp³-hybridized carbons (Fsp3) is 0.462. The molecule has 0 aliphatic carbocycles. The van der Waals surface area contributed by atoms with E-state index in [4.69, 9.17) is 5.73 Å². The first-order valence-corrected chi connectivity index (χ1v) is 6.13. The fourth-order valence-corrected chi connectivity index (χ4v) is 1.37. The van der Waals surface area contributed by atoms with Gasteiger partial charge in [0.2, 0.25) is 5.91 Å². The van der Waals surface area contributed by atoms with Gasteiger partial charge in [-0.05, 0) is 24.1 Å². The van der Waals surface area contributed by atoms with E-state index in [9.17, 15) is 18.0 Å². The smallest absolute Gasteiger partial charge is 0.422 e. The van der Waals surface area contributed by atoms with Crippen molar-refractivity contribution in [2.75, 3.05) is 6.61 Å². The molecule has 1 aromatic carbocycles. The molecule has 8 heteroatoms. The summed E-state index contributed by atoms with van der Waals surface area (Å²) in [6, 6.07) is 5.47. The summed E-state index contributed by atoms with van der Waals surface area (Å²) >= 11 is 0. The number of nitrogens with two attached hydrogens (primary N) is 1. The molecule has 0 spiro atoms. The molecule has 0 heterocycles. The van der Waals surface area contributed by atoms with Gasteiger partial charge < -0.3 is 15.8 Å². The van der Waals surface area contributed by atoms with Gasteiger partial charge in [-0.15, -0.1) is 12.4 Å². The maximum Gasteiger partial charge on any atom is 0.422 e. The summed E-state index contributed by atoms with van der Waals surface area (Å²) < 4.78 is 40.4. The van der Waals surface area contributed by atoms with Gasteiger partial charge in [-0.3, -0.25) is 4.79 Å². The van der Waals surface area contributed by atoms with Crippen LogP contribution in [0.15, 0.2) is 24.3 Å². The maximum atomic E-state index is 12.0. The van der Waals surface area contributed by atoms with Gasteiger partial charge in [-0.25, -0.2) is 0 Å². The summed E-state index contributed by atoms with van der Waals surface area (Å²) in [5, 5.41) is 2.64. The van der Waals surface area contributed by atoms with Gasteiger partial charge in [0.05, 0.1) is 6.04 Å². The third-order valence-corrected chi connectivity index (χ3v) is 2.57. The number of hydrogen-bond donors (Lipinski definition) is 2. The zero-order valence-corrected chi connectivity index (χ0v) is 12.3. The summed E-state index contributed by atoms with van der Waals surface area (Å²) in [6.07, 6.45) is -3.82. The van der Waals surface area contributed by atoms with E-state index in [1.165, 1.54) is 12.1 Å². The molecule has 0 saturated heterocycles. The summed E-state index contributed by atoms with van der Waals surface area (Å²) in [7, 11) is 0. The number of ether oxygens (including phenoxy) is 1. The first kappa shape index (κ1) is 19.5. The van der Waals surface area contributed by atoms with E-state index in [-0.39, 0.29) is 30.6 Å². The van der Waals surface area contributed by atoms with E-state index < -0.39 is 18.8 Å². The minimum atomic E-state index is -4.36. The fourth-order valence-electron chi connectivity index (χ4n) is 1.37. The van der Waals surface area contributed by atoms with Crippen LogP contribution in [0.2, 0.25) is 0 Å². The number of amides is 1. The van der Waals surface area contributed by atoms with Crippen LogP contribution in [-0.2, 0) is 11.3 Å². The van der Waals surface area contributed by atoms with E-state index in [2.05, 4.69) is 10.1 Å². The van der Waals surface area contributed by atoms with Gasteiger partial charge in [0.25, 0.3) is 0 Å². The highest BCUT2D eigenvalue weighted by Gasteiger charge is 2.28. The molecule has 120 valence electrons. The molecule has 21 heavy (non-hydrogen) atoms. The molecule has 0 saturated carbocycles. The lowest BCUT2D eigenvalue weighted by Gasteiger charge is -2.11. The number of rotatable bonds is 6. The topological polar surface area (TPSA) is 64.4 Å². The van der Waals surface area contributed by atoms with Crippen molar-refractivity contribution in [2.24, 2.45) is 5.73 Å². The van der Waals surface area contributed by atoms with Crippen LogP contribution >= 0.6 is 12.4 Å². The van der Waals surface area contributed by atoms with Gasteiger partial charge >= 0.3 is 6.18 Å². The molecule has 3 N–H and O–H groups in total. The SMILES string of the molecule is CC[C@H](N)C(=O)NCc1ccc(OCC(F)(F)F)cc1.Cl. The molecular formula is C13H18ClF3N2O2. The van der Waals surface area contributed by atoms with Crippen molar-refractivity contribution in [3.05, 3.63) is 29.8 Å². The highest BCUT2D eigenvalue weighted by molar-refractivity contribution is 5.85. The maximum absolute atomic E-state index is 12.0. The molecule has 4 nitrogen and oxygen atoms in total. The number of benzene rings is 1. The number of hydrogen-bond acceptors (Lipinski definition) is 3. The molecular weight excluding hydrogens is 309 g/mol. The van der Waals surface area contributed by atoms with Gasteiger partial charge in [0.1, 0.15) is 5.75 Å². The number of nitrogens with one attached hydrogen (secondary N) is 1. The van der Waals surface area contributed by atoms with Crippen molar-refractivity contribution in [3.8, 4) is 5.75 Å². The Morgan fingerprint density at radius 1 is 1.33 bits per heavy atom. The van der Waals surface area contributed by atoms with Crippen LogP contribution in [0, 0.1) is 0 Å². The Morgan fingerprint density at radius 2 is 1.90 bits per heavy atom. The van der Waals surface area contributed by atoms with Crippen molar-refractivity contribution >= 4 is 18.3 Å². The molecule has 1 rings (SSSR count). The molecule has 0 fully saturated rings. The lowest BCUT2D eigenvalue weighted by Crippen LogP contribution is -2.39. The number of alkyl halides is 3. The average Bonchev–Trinajstić information content (AvgIpc) is 2.41. The second-order valence-electron chi connectivity index (χ2n) is 4.28. The van der Waals surface area contributed by atoms with Crippen molar-refractivity contribution in [3.63, 3.8) is 0 Å². The quantitative estimate of drug-likeness (QED) is 0.843. The molecule has 0 radical (unpaired) electrons. The molecule has 0 unspecified atom stereocenters. The van der Waals surface area contributed by atoms with E-state index in [1.807, 2.05) is 0 Å². The summed E-state index contributed by atoms with van der Waals surface area (Å²) in [6.45, 7) is 0.748. The van der Waals surface area contributed by atoms with Crippen LogP contribution in [0.3, 0.4) is 0 Å². The summed E-state index contributed by atoms with van der Waals surface area (Å²) in [4.78, 5) is 11.4. The molecule has 0 bridgehead atoms. The van der Waals surface area contributed by atoms with Crippen molar-refractivity contribution in [2.45, 2.75) is 32.1 Å². The molecule has 1 atom stereocenters. The van der Waals surface area contributed by atoms with E-state index in [0.29, 0.717) is 6.42 Å². The Kier molecular flexibility index (Phi) is 8.12. The number of carbonyl (C=O) groups is 1. The predicted octanol–water partition coefficient (Wildman–Crippen LogP) is 2.40. The lowest BCUT2D eigenvalue weighted by atomic mass is 10.2. The van der Waals surface area contributed by atoms with Crippen LogP contribution in [-0.4, -0.2) is 24.7 Å². The molecule has 0 aromatic heterocycles. The first-order valence-electron chi connectivity index (χ1n) is 6.13. The second kappa shape index (κ2) is 8.74. The monoisotopic (exact) mass is 326 g/mol. The van der Waals surface area contributed by atoms with Crippen molar-refractivity contribution < 1.29 is 22.7 Å². The van der Waals surface area contributed by atoms with Gasteiger partial charge in [0, 0.05) is 6.54 Å². The molecule has 1 aromatic rings. The van der Waals surface area contributed by atoms with Gasteiger partial charge in [-0.1, -0.05) is 19.1 Å². The van der Waals surface area contributed by atoms with Crippen molar-refractivity contribution in [1.29, 1.82) is 0 Å². The molecule has 0 aliphatic rings. The van der Waals surface area contributed by atoms with Crippen LogP contribution < -0.4 is 15.8 Å². The number of halogens is 4. The number of carbonyl (C=O) groups excluding carboxylic acids is 1. The highest BCUT2D eigenvalue weighted by atomic mass is 35.5. The summed E-state index contributed by atoms with van der Waals surface area (Å²) in [5.41, 5.74) is 6.30. The van der Waals surface area contributed by atoms with Crippen LogP contribution in [0.25, 0.3) is 0 Å². The van der Waals surface area contributed by atoms with Crippen LogP contribution in [0.5, 0.6) is 5.75 Å². The summed E-state index contributed by atoms with van der Waals surface area (Å²) in [5.74, 6) is -0.132. The van der Waals surface area contributed by atoms with E-state index >= 15 is 0 Å². The highest BCUT2D eigenvalue weighted by Crippen LogP contribution is 2.18. The van der Waals surface area contributed by atoms with Crippen LogP contribution in [0.4, 0.5) is 13.2 Å². The average molecular weight is 327 g/mol. The van der Waals surface area contributed by atoms with E-state index in [0.717, 1.165) is 5.56 Å². The first-order chi connectivity index (χ1) is 9.31. The van der Waals surface area contributed by atoms with Gasteiger partial charge in [0.15, 0.2) is 6.61 Å². The minimum absolute atomic E-state index is 0. The Morgan fingerprint density at radius 3 is 2.38 bits per heavy atom. The Balaban J connectivity index is 0.00000400. The van der Waals surface area contributed by atoms with E-state index in [1.54, 1.807) is 19.1 Å². The third kappa shape index (κ3) is 7.77. The molecule has 1 amide bonds. The van der Waals surface area contributed by atoms with Crippen LogP contribution in [0.1, 0.15) is 18.9 Å². The Hall–Kier alpha value is -1.47. The Bertz CT molecular complexity index is 438. The zero-order chi connectivity index (χ0) is 15.2. The molecule has 0 aliphatic heterocycles. The largest absolute Gasteiger partial charge is 0.484 e. The van der Waals surface area contributed by atoms with Gasteiger partial charge in [-0.2, -0.15) is 13.2 Å². The lowest BCUT2D eigenvalue weighted by molar-refractivity contribution is -0.153. The standard InChI is InChI=1S/C13H17F3N2O2.ClH/c1-2-11(17)12(19)18-7-9-3-5-10(6-4-9)20-8-13(14,15)16;/h3-6,11H,2,7-8,17H2,1H3,(H,18,19);1H/t11-;/m0./s1. The normalized spacial score (nSPS) is 12.2. The zero-order valence-electron chi connectivity index (χ0n) is 11.4. The third-order valence-electron chi connectivity index (χ3n) is 2.57. The second-order valence-corrected chi connectivity index (χ2v) is 4.28.